The molecule has 2 atom stereocenters. The Labute approximate surface area is 116 Å². The molecule has 102 valence electrons. The highest BCUT2D eigenvalue weighted by Crippen LogP contribution is 2.37. The summed E-state index contributed by atoms with van der Waals surface area (Å²) in [6.45, 7) is 2.20. The second-order valence-electron chi connectivity index (χ2n) is 5.39. The summed E-state index contributed by atoms with van der Waals surface area (Å²) in [4.78, 5) is 4.40. The van der Waals surface area contributed by atoms with Gasteiger partial charge in [-0.25, -0.2) is 0 Å². The number of furan rings is 1. The van der Waals surface area contributed by atoms with Crippen molar-refractivity contribution in [3.63, 3.8) is 0 Å². The van der Waals surface area contributed by atoms with Gasteiger partial charge in [-0.05, 0) is 36.4 Å². The lowest BCUT2D eigenvalue weighted by Crippen LogP contribution is -2.42. The number of rotatable bonds is 2. The van der Waals surface area contributed by atoms with E-state index in [-0.39, 0.29) is 5.22 Å². The van der Waals surface area contributed by atoms with E-state index in [4.69, 9.17) is 26.3 Å². The van der Waals surface area contributed by atoms with Crippen LogP contribution in [0.2, 0.25) is 5.22 Å². The molecule has 3 rings (SSSR count). The van der Waals surface area contributed by atoms with E-state index in [1.165, 1.54) is 12.7 Å². The lowest BCUT2D eigenvalue weighted by atomic mass is 9.76. The molecule has 5 nitrogen and oxygen atoms in total. The van der Waals surface area contributed by atoms with E-state index < -0.39 is 5.54 Å². The maximum Gasteiger partial charge on any atom is 0.262 e. The van der Waals surface area contributed by atoms with Crippen molar-refractivity contribution < 1.29 is 8.94 Å². The summed E-state index contributed by atoms with van der Waals surface area (Å²) in [5.74, 6) is 1.50. The molecule has 1 aliphatic carbocycles. The van der Waals surface area contributed by atoms with Gasteiger partial charge in [0.05, 0.1) is 17.4 Å². The summed E-state index contributed by atoms with van der Waals surface area (Å²) in [5, 5.41) is 4.28. The van der Waals surface area contributed by atoms with Crippen molar-refractivity contribution >= 4 is 11.6 Å². The average molecular weight is 282 g/mol. The van der Waals surface area contributed by atoms with Crippen LogP contribution < -0.4 is 5.73 Å². The smallest absolute Gasteiger partial charge is 0.262 e. The molecule has 0 aromatic carbocycles. The number of nitrogens with zero attached hydrogens (tertiary/aromatic N) is 2. The van der Waals surface area contributed by atoms with Crippen molar-refractivity contribution in [2.75, 3.05) is 0 Å². The van der Waals surface area contributed by atoms with E-state index in [1.807, 2.05) is 0 Å². The van der Waals surface area contributed by atoms with Gasteiger partial charge >= 0.3 is 0 Å². The summed E-state index contributed by atoms with van der Waals surface area (Å²) in [7, 11) is 0. The molecule has 0 amide bonds. The third-order valence-corrected chi connectivity index (χ3v) is 4.04. The first-order valence-electron chi connectivity index (χ1n) is 6.45. The first-order chi connectivity index (χ1) is 9.08. The minimum Gasteiger partial charge on any atom is -0.452 e. The zero-order valence-electron chi connectivity index (χ0n) is 10.7. The highest BCUT2D eigenvalue weighted by atomic mass is 35.5. The molecule has 0 radical (unpaired) electrons. The fraction of sp³-hybridized carbons (Fsp3) is 0.538. The van der Waals surface area contributed by atoms with Crippen LogP contribution in [0.1, 0.15) is 38.4 Å². The van der Waals surface area contributed by atoms with Crippen LogP contribution in [-0.2, 0) is 5.54 Å². The lowest BCUT2D eigenvalue weighted by Gasteiger charge is -2.33. The third kappa shape index (κ3) is 2.28. The van der Waals surface area contributed by atoms with Crippen molar-refractivity contribution in [3.05, 3.63) is 23.4 Å². The molecule has 6 heteroatoms. The molecule has 0 saturated heterocycles. The minimum absolute atomic E-state index is 0.248. The molecule has 2 unspecified atom stereocenters. The van der Waals surface area contributed by atoms with Crippen LogP contribution in [0.15, 0.2) is 21.3 Å². The van der Waals surface area contributed by atoms with Crippen molar-refractivity contribution in [1.29, 1.82) is 0 Å². The maximum absolute atomic E-state index is 6.43. The number of halogens is 1. The predicted molar refractivity (Wildman–Crippen MR) is 70.5 cm³/mol. The van der Waals surface area contributed by atoms with Crippen LogP contribution in [-0.4, -0.2) is 10.1 Å². The summed E-state index contributed by atoms with van der Waals surface area (Å²) >= 11 is 5.90. The quantitative estimate of drug-likeness (QED) is 0.913. The third-order valence-electron chi connectivity index (χ3n) is 3.75. The zero-order valence-corrected chi connectivity index (χ0v) is 11.5. The van der Waals surface area contributed by atoms with Crippen molar-refractivity contribution in [2.24, 2.45) is 11.7 Å². The molecule has 1 fully saturated rings. The number of aromatic nitrogens is 2. The van der Waals surface area contributed by atoms with Crippen LogP contribution in [0.4, 0.5) is 0 Å². The summed E-state index contributed by atoms with van der Waals surface area (Å²) in [6, 6.07) is 1.70. The SMILES string of the molecule is CC1CCCC(N)(c2noc(-c3ccoc3Cl)n2)C1. The minimum atomic E-state index is -0.490. The standard InChI is InChI=1S/C13H16ClN3O2/c1-8-3-2-5-13(15,7-8)12-16-11(19-17-12)9-4-6-18-10(9)14/h4,6,8H,2-3,5,7,15H2,1H3. The Kier molecular flexibility index (Phi) is 3.11. The highest BCUT2D eigenvalue weighted by molar-refractivity contribution is 6.31. The fourth-order valence-electron chi connectivity index (χ4n) is 2.78. The van der Waals surface area contributed by atoms with Gasteiger partial charge in [0.25, 0.3) is 5.89 Å². The van der Waals surface area contributed by atoms with Gasteiger partial charge in [0.1, 0.15) is 0 Å². The fourth-order valence-corrected chi connectivity index (χ4v) is 2.97. The zero-order chi connectivity index (χ0) is 13.5. The molecule has 2 N–H and O–H groups in total. The monoisotopic (exact) mass is 281 g/mol. The molecular formula is C13H16ClN3O2. The topological polar surface area (TPSA) is 78.1 Å². The molecule has 0 bridgehead atoms. The van der Waals surface area contributed by atoms with Crippen molar-refractivity contribution in [3.8, 4) is 11.5 Å². The largest absolute Gasteiger partial charge is 0.452 e. The summed E-state index contributed by atoms with van der Waals surface area (Å²) in [5.41, 5.74) is 6.55. The average Bonchev–Trinajstić information content (AvgIpc) is 2.96. The molecule has 1 aliphatic rings. The van der Waals surface area contributed by atoms with Crippen molar-refractivity contribution in [2.45, 2.75) is 38.1 Å². The van der Waals surface area contributed by atoms with E-state index in [2.05, 4.69) is 17.1 Å². The van der Waals surface area contributed by atoms with Crippen LogP contribution >= 0.6 is 11.6 Å². The number of hydrogen-bond donors (Lipinski definition) is 1. The molecule has 2 heterocycles. The van der Waals surface area contributed by atoms with Crippen LogP contribution in [0.3, 0.4) is 0 Å². The number of nitrogens with two attached hydrogens (primary N) is 1. The molecule has 2 aromatic rings. The first kappa shape index (κ1) is 12.7. The van der Waals surface area contributed by atoms with Crippen LogP contribution in [0.25, 0.3) is 11.5 Å². The Balaban J connectivity index is 1.91. The molecule has 0 aliphatic heterocycles. The van der Waals surface area contributed by atoms with E-state index in [1.54, 1.807) is 6.07 Å². The van der Waals surface area contributed by atoms with Gasteiger partial charge in [0, 0.05) is 0 Å². The summed E-state index contributed by atoms with van der Waals surface area (Å²) in [6.07, 6.45) is 5.55. The summed E-state index contributed by atoms with van der Waals surface area (Å²) < 4.78 is 10.3. The Morgan fingerprint density at radius 3 is 3.05 bits per heavy atom. The molecule has 1 saturated carbocycles. The molecule has 19 heavy (non-hydrogen) atoms. The lowest BCUT2D eigenvalue weighted by molar-refractivity contribution is 0.222. The molecule has 2 aromatic heterocycles. The van der Waals surface area contributed by atoms with Crippen LogP contribution in [0, 0.1) is 5.92 Å². The Bertz CT molecular complexity index is 580. The van der Waals surface area contributed by atoms with E-state index in [0.717, 1.165) is 19.3 Å². The van der Waals surface area contributed by atoms with E-state index >= 15 is 0 Å². The van der Waals surface area contributed by atoms with Gasteiger partial charge in [-0.2, -0.15) is 4.98 Å². The second kappa shape index (κ2) is 4.65. The van der Waals surface area contributed by atoms with Gasteiger partial charge in [-0.3, -0.25) is 0 Å². The van der Waals surface area contributed by atoms with Crippen LogP contribution in [0.5, 0.6) is 0 Å². The Morgan fingerprint density at radius 2 is 2.37 bits per heavy atom. The predicted octanol–water partition coefficient (Wildman–Crippen LogP) is 3.35. The Hall–Kier alpha value is -1.33. The molecule has 0 spiro atoms. The van der Waals surface area contributed by atoms with E-state index in [9.17, 15) is 0 Å². The van der Waals surface area contributed by atoms with Gasteiger partial charge in [0.2, 0.25) is 5.22 Å². The van der Waals surface area contributed by atoms with Gasteiger partial charge in [-0.1, -0.05) is 24.9 Å². The van der Waals surface area contributed by atoms with E-state index in [0.29, 0.717) is 23.2 Å². The number of hydrogen-bond acceptors (Lipinski definition) is 5. The first-order valence-corrected chi connectivity index (χ1v) is 6.83. The normalized spacial score (nSPS) is 27.6. The van der Waals surface area contributed by atoms with Gasteiger partial charge in [-0.15, -0.1) is 0 Å². The Morgan fingerprint density at radius 1 is 1.53 bits per heavy atom. The van der Waals surface area contributed by atoms with Gasteiger partial charge in [0.15, 0.2) is 5.82 Å². The highest BCUT2D eigenvalue weighted by Gasteiger charge is 2.37. The molecular weight excluding hydrogens is 266 g/mol. The van der Waals surface area contributed by atoms with Crippen molar-refractivity contribution in [1.82, 2.24) is 10.1 Å². The second-order valence-corrected chi connectivity index (χ2v) is 5.73. The van der Waals surface area contributed by atoms with Gasteiger partial charge < -0.3 is 14.7 Å². The maximum atomic E-state index is 6.43.